The number of aromatic nitrogens is 4. The van der Waals surface area contributed by atoms with E-state index in [9.17, 15) is 0 Å². The number of H-pyrrole nitrogens is 1. The molecule has 36 heavy (non-hydrogen) atoms. The molecule has 0 unspecified atom stereocenters. The lowest BCUT2D eigenvalue weighted by Gasteiger charge is -2.36. The first kappa shape index (κ1) is 22.8. The maximum Gasteiger partial charge on any atom is 0.166 e. The summed E-state index contributed by atoms with van der Waals surface area (Å²) in [5.74, 6) is 1.71. The van der Waals surface area contributed by atoms with Crippen LogP contribution in [-0.4, -0.2) is 64.9 Å². The number of nitrogen functional groups attached to an aromatic ring is 1. The second kappa shape index (κ2) is 9.09. The van der Waals surface area contributed by atoms with E-state index in [1.807, 2.05) is 12.3 Å². The monoisotopic (exact) mass is 483 g/mol. The molecule has 0 bridgehead atoms. The standard InChI is InChI=1S/C28H33N7O/c1-17-10-20(11-18(2)26(17)35-8-6-34(3)7-9-35)24-13-22-23(15-31-28(22)33-32-24)21-12-25(27(29)30-14-21)36-16-19-4-5-19/h10-15,19H,4-9,16H2,1-3H3,(H2,29,30)(H,31,33). The van der Waals surface area contributed by atoms with Gasteiger partial charge in [0.25, 0.3) is 0 Å². The number of ether oxygens (including phenoxy) is 1. The smallest absolute Gasteiger partial charge is 0.166 e. The van der Waals surface area contributed by atoms with Gasteiger partial charge in [-0.1, -0.05) is 0 Å². The summed E-state index contributed by atoms with van der Waals surface area (Å²) in [5.41, 5.74) is 14.6. The van der Waals surface area contributed by atoms with Gasteiger partial charge in [0.15, 0.2) is 17.2 Å². The lowest BCUT2D eigenvalue weighted by atomic mass is 9.99. The van der Waals surface area contributed by atoms with E-state index >= 15 is 0 Å². The third kappa shape index (κ3) is 4.37. The van der Waals surface area contributed by atoms with Gasteiger partial charge in [-0.25, -0.2) is 4.98 Å². The van der Waals surface area contributed by atoms with Gasteiger partial charge in [-0.3, -0.25) is 0 Å². The van der Waals surface area contributed by atoms with Crippen LogP contribution in [0.1, 0.15) is 24.0 Å². The SMILES string of the molecule is Cc1cc(-c2cc3c(-c4cnc(N)c(OCC5CC5)c4)c[nH]c3nn2)cc(C)c1N1CCN(C)CC1. The first-order chi connectivity index (χ1) is 17.5. The minimum absolute atomic E-state index is 0.422. The van der Waals surface area contributed by atoms with Crippen LogP contribution in [0.15, 0.2) is 36.7 Å². The van der Waals surface area contributed by atoms with Gasteiger partial charge in [0.1, 0.15) is 0 Å². The van der Waals surface area contributed by atoms with Crippen molar-refractivity contribution in [3.05, 3.63) is 47.8 Å². The van der Waals surface area contributed by atoms with Gasteiger partial charge in [0.05, 0.1) is 12.3 Å². The molecule has 0 atom stereocenters. The van der Waals surface area contributed by atoms with Gasteiger partial charge in [-0.05, 0) is 75.0 Å². The van der Waals surface area contributed by atoms with Crippen molar-refractivity contribution in [3.63, 3.8) is 0 Å². The average Bonchev–Trinajstić information content (AvgIpc) is 3.61. The molecule has 2 aliphatic rings. The normalized spacial score (nSPS) is 16.6. The highest BCUT2D eigenvalue weighted by Gasteiger charge is 2.23. The Bertz CT molecular complexity index is 1390. The Labute approximate surface area is 211 Å². The number of benzene rings is 1. The van der Waals surface area contributed by atoms with E-state index in [4.69, 9.17) is 10.5 Å². The number of pyridine rings is 1. The fourth-order valence-corrected chi connectivity index (χ4v) is 5.14. The largest absolute Gasteiger partial charge is 0.489 e. The molecular formula is C28H33N7O. The minimum Gasteiger partial charge on any atom is -0.489 e. The van der Waals surface area contributed by atoms with Crippen molar-refractivity contribution < 1.29 is 4.74 Å². The number of aryl methyl sites for hydroxylation is 2. The van der Waals surface area contributed by atoms with Crippen LogP contribution in [0.5, 0.6) is 5.75 Å². The van der Waals surface area contributed by atoms with Crippen molar-refractivity contribution in [3.8, 4) is 28.1 Å². The zero-order valence-electron chi connectivity index (χ0n) is 21.2. The lowest BCUT2D eigenvalue weighted by Crippen LogP contribution is -2.45. The summed E-state index contributed by atoms with van der Waals surface area (Å²) in [6, 6.07) is 8.56. The van der Waals surface area contributed by atoms with E-state index in [1.165, 1.54) is 29.7 Å². The van der Waals surface area contributed by atoms with E-state index in [0.29, 0.717) is 24.1 Å². The average molecular weight is 484 g/mol. The molecule has 0 amide bonds. The molecule has 8 heteroatoms. The molecule has 1 aliphatic heterocycles. The fraction of sp³-hybridized carbons (Fsp3) is 0.393. The summed E-state index contributed by atoms with van der Waals surface area (Å²) in [6.45, 7) is 9.37. The second-order valence-corrected chi connectivity index (χ2v) is 10.3. The van der Waals surface area contributed by atoms with E-state index in [2.05, 4.69) is 69.1 Å². The summed E-state index contributed by atoms with van der Waals surface area (Å²) < 4.78 is 5.97. The summed E-state index contributed by atoms with van der Waals surface area (Å²) in [6.07, 6.45) is 6.20. The van der Waals surface area contributed by atoms with Crippen molar-refractivity contribution in [2.24, 2.45) is 5.92 Å². The van der Waals surface area contributed by atoms with Gasteiger partial charge < -0.3 is 25.3 Å². The molecule has 4 heterocycles. The highest BCUT2D eigenvalue weighted by Crippen LogP contribution is 2.36. The Kier molecular flexibility index (Phi) is 5.76. The molecule has 6 rings (SSSR count). The van der Waals surface area contributed by atoms with Crippen molar-refractivity contribution in [1.29, 1.82) is 0 Å². The number of hydrogen-bond donors (Lipinski definition) is 2. The maximum absolute atomic E-state index is 6.09. The third-order valence-electron chi connectivity index (χ3n) is 7.41. The molecule has 4 aromatic rings. The summed E-state index contributed by atoms with van der Waals surface area (Å²) >= 11 is 0. The van der Waals surface area contributed by atoms with Gasteiger partial charge >= 0.3 is 0 Å². The zero-order valence-corrected chi connectivity index (χ0v) is 21.2. The third-order valence-corrected chi connectivity index (χ3v) is 7.41. The van der Waals surface area contributed by atoms with Crippen LogP contribution >= 0.6 is 0 Å². The van der Waals surface area contributed by atoms with Crippen LogP contribution in [0.2, 0.25) is 0 Å². The number of nitrogens with two attached hydrogens (primary N) is 1. The molecule has 3 N–H and O–H groups in total. The molecule has 2 fully saturated rings. The Balaban J connectivity index is 1.33. The Morgan fingerprint density at radius 3 is 2.47 bits per heavy atom. The summed E-state index contributed by atoms with van der Waals surface area (Å²) in [5, 5.41) is 10.0. The quantitative estimate of drug-likeness (QED) is 0.419. The predicted octanol–water partition coefficient (Wildman–Crippen LogP) is 4.43. The Morgan fingerprint density at radius 1 is 1.00 bits per heavy atom. The number of fused-ring (bicyclic) bond motifs is 1. The van der Waals surface area contributed by atoms with Gasteiger partial charge in [-0.2, -0.15) is 0 Å². The number of likely N-dealkylation sites (N-methyl/N-ethyl adjacent to an activating group) is 1. The van der Waals surface area contributed by atoms with Crippen LogP contribution < -0.4 is 15.4 Å². The number of anilines is 2. The van der Waals surface area contributed by atoms with Gasteiger partial charge in [-0.15, -0.1) is 10.2 Å². The van der Waals surface area contributed by atoms with E-state index in [-0.39, 0.29) is 0 Å². The van der Waals surface area contributed by atoms with Gasteiger partial charge in [0, 0.05) is 66.3 Å². The Morgan fingerprint density at radius 2 is 1.75 bits per heavy atom. The van der Waals surface area contributed by atoms with Crippen LogP contribution in [0.25, 0.3) is 33.4 Å². The molecule has 1 aliphatic carbocycles. The number of piperazine rings is 1. The van der Waals surface area contributed by atoms with Crippen molar-refractivity contribution >= 4 is 22.5 Å². The van der Waals surface area contributed by atoms with Gasteiger partial charge in [0.2, 0.25) is 0 Å². The first-order valence-electron chi connectivity index (χ1n) is 12.7. The van der Waals surface area contributed by atoms with Crippen LogP contribution in [0.3, 0.4) is 0 Å². The van der Waals surface area contributed by atoms with E-state index < -0.39 is 0 Å². The van der Waals surface area contributed by atoms with Crippen molar-refractivity contribution in [1.82, 2.24) is 25.1 Å². The Hall–Kier alpha value is -3.65. The molecule has 186 valence electrons. The number of aromatic amines is 1. The van der Waals surface area contributed by atoms with Crippen LogP contribution in [0, 0.1) is 19.8 Å². The van der Waals surface area contributed by atoms with Crippen LogP contribution in [-0.2, 0) is 0 Å². The van der Waals surface area contributed by atoms with E-state index in [1.54, 1.807) is 6.20 Å². The van der Waals surface area contributed by atoms with Crippen molar-refractivity contribution in [2.45, 2.75) is 26.7 Å². The molecule has 0 radical (unpaired) electrons. The number of rotatable bonds is 6. The molecule has 1 aromatic carbocycles. The number of nitrogens with one attached hydrogen (secondary N) is 1. The topological polar surface area (TPSA) is 96.2 Å². The summed E-state index contributed by atoms with van der Waals surface area (Å²) in [7, 11) is 2.19. The fourth-order valence-electron chi connectivity index (χ4n) is 5.14. The number of hydrogen-bond acceptors (Lipinski definition) is 7. The minimum atomic E-state index is 0.422. The predicted molar refractivity (Wildman–Crippen MR) is 144 cm³/mol. The highest BCUT2D eigenvalue weighted by molar-refractivity contribution is 5.95. The molecule has 3 aromatic heterocycles. The molecule has 1 saturated heterocycles. The zero-order chi connectivity index (χ0) is 24.8. The van der Waals surface area contributed by atoms with E-state index in [0.717, 1.165) is 59.6 Å². The summed E-state index contributed by atoms with van der Waals surface area (Å²) in [4.78, 5) is 12.5. The molecular weight excluding hydrogens is 450 g/mol. The maximum atomic E-state index is 6.09. The molecule has 8 nitrogen and oxygen atoms in total. The molecule has 0 spiro atoms. The number of nitrogens with zero attached hydrogens (tertiary/aromatic N) is 5. The van der Waals surface area contributed by atoms with Crippen molar-refractivity contribution in [2.75, 3.05) is 50.5 Å². The first-order valence-corrected chi connectivity index (χ1v) is 12.7. The second-order valence-electron chi connectivity index (χ2n) is 10.3. The van der Waals surface area contributed by atoms with Crippen LogP contribution in [0.4, 0.5) is 11.5 Å². The highest BCUT2D eigenvalue weighted by atomic mass is 16.5. The lowest BCUT2D eigenvalue weighted by molar-refractivity contribution is 0.300. The molecule has 1 saturated carbocycles.